The van der Waals surface area contributed by atoms with Gasteiger partial charge in [-0.1, -0.05) is 6.42 Å². The van der Waals surface area contributed by atoms with E-state index >= 15 is 0 Å². The summed E-state index contributed by atoms with van der Waals surface area (Å²) in [4.78, 5) is 14.9. The highest BCUT2D eigenvalue weighted by Crippen LogP contribution is 2.22. The molecular weight excluding hydrogens is 316 g/mol. The summed E-state index contributed by atoms with van der Waals surface area (Å²) in [6, 6.07) is 9.50. The Hall–Kier alpha value is -2.34. The normalized spacial score (nSPS) is 15.1. The van der Waals surface area contributed by atoms with Crippen LogP contribution in [0.2, 0.25) is 0 Å². The highest BCUT2D eigenvalue weighted by Gasteiger charge is 2.15. The molecule has 0 saturated carbocycles. The first kappa shape index (κ1) is 17.5. The lowest BCUT2D eigenvalue weighted by molar-refractivity contribution is 0.0937. The van der Waals surface area contributed by atoms with Crippen molar-refractivity contribution >= 4 is 5.91 Å². The molecule has 0 bridgehead atoms. The van der Waals surface area contributed by atoms with E-state index in [1.165, 1.54) is 19.3 Å². The number of nitrogens with one attached hydrogen (secondary N) is 1. The number of piperidine rings is 1. The fraction of sp³-hybridized carbons (Fsp3) is 0.474. The summed E-state index contributed by atoms with van der Waals surface area (Å²) in [5, 5.41) is 7.47. The molecule has 0 spiro atoms. The van der Waals surface area contributed by atoms with Crippen LogP contribution in [0.4, 0.5) is 0 Å². The third-order valence-corrected chi connectivity index (χ3v) is 4.66. The van der Waals surface area contributed by atoms with Crippen molar-refractivity contribution in [1.82, 2.24) is 20.0 Å². The smallest absolute Gasteiger partial charge is 0.269 e. The second kappa shape index (κ2) is 8.16. The molecule has 1 fully saturated rings. The van der Waals surface area contributed by atoms with Crippen LogP contribution in [0.1, 0.15) is 29.8 Å². The highest BCUT2D eigenvalue weighted by molar-refractivity contribution is 5.93. The molecule has 3 rings (SSSR count). The predicted octanol–water partition coefficient (Wildman–Crippen LogP) is 2.31. The third-order valence-electron chi connectivity index (χ3n) is 4.66. The van der Waals surface area contributed by atoms with E-state index in [0.717, 1.165) is 36.6 Å². The molecule has 134 valence electrons. The van der Waals surface area contributed by atoms with Crippen molar-refractivity contribution in [1.29, 1.82) is 0 Å². The minimum Gasteiger partial charge on any atom is -0.497 e. The molecule has 1 amide bonds. The maximum absolute atomic E-state index is 12.4. The number of aryl methyl sites for hydroxylation is 1. The summed E-state index contributed by atoms with van der Waals surface area (Å²) in [6.07, 6.45) is 3.85. The molecule has 1 aromatic carbocycles. The first-order chi connectivity index (χ1) is 12.2. The zero-order chi connectivity index (χ0) is 17.6. The second-order valence-electron chi connectivity index (χ2n) is 6.43. The lowest BCUT2D eigenvalue weighted by Gasteiger charge is -2.26. The van der Waals surface area contributed by atoms with Crippen molar-refractivity contribution in [2.24, 2.45) is 7.05 Å². The van der Waals surface area contributed by atoms with E-state index in [-0.39, 0.29) is 5.91 Å². The fourth-order valence-electron chi connectivity index (χ4n) is 3.18. The number of amides is 1. The topological polar surface area (TPSA) is 59.4 Å². The van der Waals surface area contributed by atoms with E-state index in [9.17, 15) is 4.79 Å². The largest absolute Gasteiger partial charge is 0.497 e. The molecule has 1 aliphatic heterocycles. The number of carbonyl (C=O) groups is 1. The van der Waals surface area contributed by atoms with E-state index < -0.39 is 0 Å². The van der Waals surface area contributed by atoms with Crippen LogP contribution in [-0.4, -0.2) is 53.9 Å². The Bertz CT molecular complexity index is 703. The summed E-state index contributed by atoms with van der Waals surface area (Å²) < 4.78 is 6.81. The number of carbonyl (C=O) groups excluding carboxylic acids is 1. The van der Waals surface area contributed by atoms with Crippen molar-refractivity contribution in [2.75, 3.05) is 33.3 Å². The number of aromatic nitrogens is 2. The SMILES string of the molecule is COc1ccc(-c2cc(C(=O)NCCN3CCCCC3)n(C)n2)cc1. The lowest BCUT2D eigenvalue weighted by Crippen LogP contribution is -2.38. The minimum atomic E-state index is -0.0771. The van der Waals surface area contributed by atoms with E-state index in [2.05, 4.69) is 15.3 Å². The van der Waals surface area contributed by atoms with Gasteiger partial charge in [-0.15, -0.1) is 0 Å². The summed E-state index contributed by atoms with van der Waals surface area (Å²) >= 11 is 0. The number of rotatable bonds is 6. The average Bonchev–Trinajstić information content (AvgIpc) is 3.04. The zero-order valence-electron chi connectivity index (χ0n) is 15.0. The van der Waals surface area contributed by atoms with Gasteiger partial charge in [0, 0.05) is 25.7 Å². The fourth-order valence-corrected chi connectivity index (χ4v) is 3.18. The number of ether oxygens (including phenoxy) is 1. The van der Waals surface area contributed by atoms with Gasteiger partial charge in [0.2, 0.25) is 0 Å². The van der Waals surface area contributed by atoms with Crippen molar-refractivity contribution in [3.63, 3.8) is 0 Å². The first-order valence-electron chi connectivity index (χ1n) is 8.86. The lowest BCUT2D eigenvalue weighted by atomic mass is 10.1. The maximum Gasteiger partial charge on any atom is 0.269 e. The Kier molecular flexibility index (Phi) is 5.71. The van der Waals surface area contributed by atoms with Gasteiger partial charge in [-0.05, 0) is 56.3 Å². The highest BCUT2D eigenvalue weighted by atomic mass is 16.5. The van der Waals surface area contributed by atoms with Gasteiger partial charge in [0.15, 0.2) is 0 Å². The number of benzene rings is 1. The van der Waals surface area contributed by atoms with Crippen LogP contribution in [0.3, 0.4) is 0 Å². The Morgan fingerprint density at radius 1 is 1.20 bits per heavy atom. The molecule has 1 aromatic heterocycles. The molecule has 0 unspecified atom stereocenters. The predicted molar refractivity (Wildman–Crippen MR) is 97.8 cm³/mol. The zero-order valence-corrected chi connectivity index (χ0v) is 15.0. The van der Waals surface area contributed by atoms with Crippen molar-refractivity contribution in [3.8, 4) is 17.0 Å². The molecule has 2 aromatic rings. The molecule has 0 radical (unpaired) electrons. The van der Waals surface area contributed by atoms with E-state index in [1.807, 2.05) is 30.3 Å². The van der Waals surface area contributed by atoms with E-state index in [1.54, 1.807) is 18.8 Å². The number of hydrogen-bond acceptors (Lipinski definition) is 4. The van der Waals surface area contributed by atoms with E-state index in [0.29, 0.717) is 12.2 Å². The summed E-state index contributed by atoms with van der Waals surface area (Å²) in [5.74, 6) is 0.724. The quantitative estimate of drug-likeness (QED) is 0.875. The summed E-state index contributed by atoms with van der Waals surface area (Å²) in [7, 11) is 3.44. The van der Waals surface area contributed by atoms with Gasteiger partial charge in [0.1, 0.15) is 11.4 Å². The number of likely N-dealkylation sites (tertiary alicyclic amines) is 1. The van der Waals surface area contributed by atoms with Gasteiger partial charge in [-0.25, -0.2) is 0 Å². The van der Waals surface area contributed by atoms with Gasteiger partial charge >= 0.3 is 0 Å². The summed E-state index contributed by atoms with van der Waals surface area (Å²) in [6.45, 7) is 3.86. The standard InChI is InChI=1S/C19H26N4O2/c1-22-18(19(24)20-10-13-23-11-4-3-5-12-23)14-17(21-22)15-6-8-16(25-2)9-7-15/h6-9,14H,3-5,10-13H2,1-2H3,(H,20,24). The molecule has 6 heteroatoms. The van der Waals surface area contributed by atoms with Gasteiger partial charge in [0.05, 0.1) is 12.8 Å². The molecule has 0 atom stereocenters. The van der Waals surface area contributed by atoms with Crippen molar-refractivity contribution in [2.45, 2.75) is 19.3 Å². The van der Waals surface area contributed by atoms with Crippen molar-refractivity contribution in [3.05, 3.63) is 36.0 Å². The van der Waals surface area contributed by atoms with Crippen LogP contribution in [0.15, 0.2) is 30.3 Å². The van der Waals surface area contributed by atoms with Crippen LogP contribution in [0, 0.1) is 0 Å². The van der Waals surface area contributed by atoms with Crippen LogP contribution >= 0.6 is 0 Å². The molecule has 1 aliphatic rings. The molecule has 2 heterocycles. The maximum atomic E-state index is 12.4. The van der Waals surface area contributed by atoms with Gasteiger partial charge < -0.3 is 15.0 Å². The monoisotopic (exact) mass is 342 g/mol. The molecule has 25 heavy (non-hydrogen) atoms. The van der Waals surface area contributed by atoms with Gasteiger partial charge in [-0.2, -0.15) is 5.10 Å². The average molecular weight is 342 g/mol. The third kappa shape index (κ3) is 4.39. The molecule has 6 nitrogen and oxygen atoms in total. The Morgan fingerprint density at radius 2 is 1.92 bits per heavy atom. The first-order valence-corrected chi connectivity index (χ1v) is 8.86. The number of methoxy groups -OCH3 is 1. The number of hydrogen-bond donors (Lipinski definition) is 1. The second-order valence-corrected chi connectivity index (χ2v) is 6.43. The van der Waals surface area contributed by atoms with Crippen LogP contribution in [-0.2, 0) is 7.05 Å². The minimum absolute atomic E-state index is 0.0771. The van der Waals surface area contributed by atoms with Gasteiger partial charge in [0.25, 0.3) is 5.91 Å². The molecule has 1 N–H and O–H groups in total. The molecule has 0 aliphatic carbocycles. The Labute approximate surface area is 148 Å². The van der Waals surface area contributed by atoms with Gasteiger partial charge in [-0.3, -0.25) is 9.48 Å². The van der Waals surface area contributed by atoms with Crippen LogP contribution in [0.25, 0.3) is 11.3 Å². The Balaban J connectivity index is 1.59. The summed E-state index contributed by atoms with van der Waals surface area (Å²) in [5.41, 5.74) is 2.32. The Morgan fingerprint density at radius 3 is 2.60 bits per heavy atom. The molecular formula is C19H26N4O2. The van der Waals surface area contributed by atoms with Crippen LogP contribution < -0.4 is 10.1 Å². The molecule has 1 saturated heterocycles. The number of nitrogens with zero attached hydrogens (tertiary/aromatic N) is 3. The van der Waals surface area contributed by atoms with Crippen molar-refractivity contribution < 1.29 is 9.53 Å². The van der Waals surface area contributed by atoms with Crippen LogP contribution in [0.5, 0.6) is 5.75 Å². The van der Waals surface area contributed by atoms with E-state index in [4.69, 9.17) is 4.74 Å².